The Bertz CT molecular complexity index is 462. The van der Waals surface area contributed by atoms with Gasteiger partial charge in [0.2, 0.25) is 0 Å². The second kappa shape index (κ2) is 6.29. The number of rotatable bonds is 6. The van der Waals surface area contributed by atoms with Crippen LogP contribution in [-0.4, -0.2) is 6.61 Å². The van der Waals surface area contributed by atoms with Crippen molar-refractivity contribution in [1.29, 1.82) is 0 Å². The summed E-state index contributed by atoms with van der Waals surface area (Å²) in [7, 11) is 0. The van der Waals surface area contributed by atoms with Crippen LogP contribution in [0, 0.1) is 6.92 Å². The first-order valence-electron chi connectivity index (χ1n) is 6.31. The van der Waals surface area contributed by atoms with E-state index in [1.54, 1.807) is 0 Å². The summed E-state index contributed by atoms with van der Waals surface area (Å²) in [5.41, 5.74) is 0. The zero-order valence-electron chi connectivity index (χ0n) is 10.2. The lowest BCUT2D eigenvalue weighted by molar-refractivity contribution is 0.306. The number of hydrogen-bond donors (Lipinski definition) is 0. The third kappa shape index (κ3) is 3.48. The Kier molecular flexibility index (Phi) is 4.43. The molecule has 0 aliphatic rings. The number of fused-ring (bicyclic) bond motifs is 1. The summed E-state index contributed by atoms with van der Waals surface area (Å²) in [4.78, 5) is 0. The molecular formula is C16H19O. The maximum Gasteiger partial charge on any atom is 0.119 e. The molecule has 0 fully saturated rings. The molecule has 17 heavy (non-hydrogen) atoms. The van der Waals surface area contributed by atoms with E-state index in [1.807, 2.05) is 6.07 Å². The van der Waals surface area contributed by atoms with Crippen LogP contribution in [0.25, 0.3) is 10.8 Å². The van der Waals surface area contributed by atoms with Crippen LogP contribution in [0.1, 0.15) is 25.7 Å². The molecule has 2 aromatic carbocycles. The van der Waals surface area contributed by atoms with Crippen LogP contribution in [0.4, 0.5) is 0 Å². The van der Waals surface area contributed by atoms with E-state index in [2.05, 4.69) is 43.3 Å². The average Bonchev–Trinajstić information content (AvgIpc) is 2.38. The van der Waals surface area contributed by atoms with E-state index in [4.69, 9.17) is 4.74 Å². The standard InChI is InChI=1S/C16H19O/c1-2-3-4-7-12-17-16-11-10-14-8-5-6-9-15(14)13-16/h5-6,8-11,13H,1-4,7,12H2. The van der Waals surface area contributed by atoms with Gasteiger partial charge in [-0.25, -0.2) is 0 Å². The van der Waals surface area contributed by atoms with Gasteiger partial charge in [0, 0.05) is 0 Å². The number of benzene rings is 2. The molecule has 0 unspecified atom stereocenters. The van der Waals surface area contributed by atoms with Crippen molar-refractivity contribution in [1.82, 2.24) is 0 Å². The molecule has 0 saturated carbocycles. The second-order valence-corrected chi connectivity index (χ2v) is 4.27. The van der Waals surface area contributed by atoms with Crippen molar-refractivity contribution in [2.24, 2.45) is 0 Å². The highest BCUT2D eigenvalue weighted by atomic mass is 16.5. The summed E-state index contributed by atoms with van der Waals surface area (Å²) in [5, 5.41) is 2.50. The highest BCUT2D eigenvalue weighted by molar-refractivity contribution is 5.83. The van der Waals surface area contributed by atoms with Gasteiger partial charge in [0.05, 0.1) is 6.61 Å². The smallest absolute Gasteiger partial charge is 0.119 e. The van der Waals surface area contributed by atoms with Gasteiger partial charge in [0.1, 0.15) is 5.75 Å². The van der Waals surface area contributed by atoms with Crippen LogP contribution in [0.15, 0.2) is 42.5 Å². The lowest BCUT2D eigenvalue weighted by atomic mass is 10.1. The first-order valence-corrected chi connectivity index (χ1v) is 6.31. The topological polar surface area (TPSA) is 9.23 Å². The van der Waals surface area contributed by atoms with Gasteiger partial charge in [0.25, 0.3) is 0 Å². The molecule has 2 rings (SSSR count). The fourth-order valence-corrected chi connectivity index (χ4v) is 1.90. The predicted molar refractivity (Wildman–Crippen MR) is 73.3 cm³/mol. The molecule has 0 saturated heterocycles. The molecular weight excluding hydrogens is 208 g/mol. The lowest BCUT2D eigenvalue weighted by Crippen LogP contribution is -1.96. The number of hydrogen-bond acceptors (Lipinski definition) is 1. The minimum absolute atomic E-state index is 0.804. The Morgan fingerprint density at radius 3 is 2.53 bits per heavy atom. The van der Waals surface area contributed by atoms with E-state index in [0.29, 0.717) is 0 Å². The van der Waals surface area contributed by atoms with Crippen LogP contribution >= 0.6 is 0 Å². The Morgan fingerprint density at radius 1 is 0.882 bits per heavy atom. The van der Waals surface area contributed by atoms with E-state index < -0.39 is 0 Å². The van der Waals surface area contributed by atoms with Crippen molar-refractivity contribution in [3.63, 3.8) is 0 Å². The minimum atomic E-state index is 0.804. The van der Waals surface area contributed by atoms with Crippen LogP contribution in [0.5, 0.6) is 5.75 Å². The van der Waals surface area contributed by atoms with Crippen molar-refractivity contribution < 1.29 is 4.74 Å². The molecule has 1 nitrogen and oxygen atoms in total. The molecule has 0 amide bonds. The van der Waals surface area contributed by atoms with Gasteiger partial charge in [-0.3, -0.25) is 0 Å². The molecule has 1 radical (unpaired) electrons. The molecule has 0 aromatic heterocycles. The van der Waals surface area contributed by atoms with Gasteiger partial charge >= 0.3 is 0 Å². The summed E-state index contributed by atoms with van der Waals surface area (Å²) in [6.07, 6.45) is 4.54. The summed E-state index contributed by atoms with van der Waals surface area (Å²) >= 11 is 0. The summed E-state index contributed by atoms with van der Waals surface area (Å²) in [6.45, 7) is 4.64. The highest BCUT2D eigenvalue weighted by Crippen LogP contribution is 2.20. The van der Waals surface area contributed by atoms with Crippen LogP contribution < -0.4 is 4.74 Å². The third-order valence-electron chi connectivity index (χ3n) is 2.88. The number of unbranched alkanes of at least 4 members (excludes halogenated alkanes) is 3. The monoisotopic (exact) mass is 227 g/mol. The van der Waals surface area contributed by atoms with Crippen molar-refractivity contribution in [2.45, 2.75) is 25.7 Å². The van der Waals surface area contributed by atoms with Crippen molar-refractivity contribution in [2.75, 3.05) is 6.61 Å². The maximum absolute atomic E-state index is 5.74. The molecule has 0 spiro atoms. The van der Waals surface area contributed by atoms with Gasteiger partial charge in [-0.2, -0.15) is 0 Å². The zero-order chi connectivity index (χ0) is 11.9. The van der Waals surface area contributed by atoms with Crippen molar-refractivity contribution in [3.05, 3.63) is 49.4 Å². The van der Waals surface area contributed by atoms with Crippen LogP contribution in [0.2, 0.25) is 0 Å². The molecule has 2 aromatic rings. The average molecular weight is 227 g/mol. The fraction of sp³-hybridized carbons (Fsp3) is 0.312. The largest absolute Gasteiger partial charge is 0.494 e. The lowest BCUT2D eigenvalue weighted by Gasteiger charge is -2.07. The van der Waals surface area contributed by atoms with Gasteiger partial charge in [-0.15, -0.1) is 0 Å². The second-order valence-electron chi connectivity index (χ2n) is 4.27. The van der Waals surface area contributed by atoms with Gasteiger partial charge < -0.3 is 4.74 Å². The van der Waals surface area contributed by atoms with E-state index in [-0.39, 0.29) is 0 Å². The summed E-state index contributed by atoms with van der Waals surface area (Å²) < 4.78 is 5.74. The quantitative estimate of drug-likeness (QED) is 0.655. The van der Waals surface area contributed by atoms with Gasteiger partial charge in [-0.05, 0) is 29.3 Å². The fourth-order valence-electron chi connectivity index (χ4n) is 1.90. The van der Waals surface area contributed by atoms with E-state index in [1.165, 1.54) is 23.6 Å². The Morgan fingerprint density at radius 2 is 1.71 bits per heavy atom. The van der Waals surface area contributed by atoms with Crippen molar-refractivity contribution >= 4 is 10.8 Å². The normalized spacial score (nSPS) is 10.6. The summed E-state index contributed by atoms with van der Waals surface area (Å²) in [6, 6.07) is 14.6. The minimum Gasteiger partial charge on any atom is -0.494 e. The van der Waals surface area contributed by atoms with E-state index in [0.717, 1.165) is 25.2 Å². The Hall–Kier alpha value is -1.50. The third-order valence-corrected chi connectivity index (χ3v) is 2.88. The first-order chi connectivity index (χ1) is 8.40. The Balaban J connectivity index is 1.90. The highest BCUT2D eigenvalue weighted by Gasteiger charge is 1.96. The predicted octanol–water partition coefficient (Wildman–Crippen LogP) is 4.61. The molecule has 0 bridgehead atoms. The molecule has 0 aliphatic heterocycles. The van der Waals surface area contributed by atoms with Crippen LogP contribution in [-0.2, 0) is 0 Å². The molecule has 89 valence electrons. The van der Waals surface area contributed by atoms with E-state index >= 15 is 0 Å². The van der Waals surface area contributed by atoms with Crippen LogP contribution in [0.3, 0.4) is 0 Å². The first kappa shape index (κ1) is 12.0. The maximum atomic E-state index is 5.74. The SMILES string of the molecule is [CH2]CCCCCOc1ccc2ccccc2c1. The van der Waals surface area contributed by atoms with Gasteiger partial charge in [-0.1, -0.05) is 56.5 Å². The van der Waals surface area contributed by atoms with E-state index in [9.17, 15) is 0 Å². The van der Waals surface area contributed by atoms with Gasteiger partial charge in [0.15, 0.2) is 0 Å². The summed E-state index contributed by atoms with van der Waals surface area (Å²) in [5.74, 6) is 0.971. The molecule has 0 aliphatic carbocycles. The molecule has 0 atom stereocenters. The Labute approximate surface area is 103 Å². The number of ether oxygens (including phenoxy) is 1. The zero-order valence-corrected chi connectivity index (χ0v) is 10.2. The molecule has 0 N–H and O–H groups in total. The van der Waals surface area contributed by atoms with Crippen molar-refractivity contribution in [3.8, 4) is 5.75 Å². The molecule has 1 heteroatoms. The molecule has 0 heterocycles.